The first-order valence-electron chi connectivity index (χ1n) is 12.1. The first-order valence-corrected chi connectivity index (χ1v) is 12.1. The fraction of sp³-hybridized carbons (Fsp3) is 0.444. The van der Waals surface area contributed by atoms with Gasteiger partial charge in [-0.05, 0) is 55.2 Å². The molecule has 2 N–H and O–H groups in total. The largest absolute Gasteiger partial charge is 0.496 e. The van der Waals surface area contributed by atoms with Gasteiger partial charge >= 0.3 is 5.97 Å². The third-order valence-corrected chi connectivity index (χ3v) is 7.73. The van der Waals surface area contributed by atoms with Gasteiger partial charge in [-0.3, -0.25) is 9.80 Å². The quantitative estimate of drug-likeness (QED) is 0.490. The lowest BCUT2D eigenvalue weighted by atomic mass is 9.86. The van der Waals surface area contributed by atoms with Gasteiger partial charge in [-0.25, -0.2) is 13.6 Å². The van der Waals surface area contributed by atoms with E-state index >= 15 is 0 Å². The van der Waals surface area contributed by atoms with Gasteiger partial charge in [0.1, 0.15) is 5.75 Å². The molecule has 3 aromatic rings. The number of nitrogens with zero attached hydrogens (tertiary/aromatic N) is 2. The van der Waals surface area contributed by atoms with Crippen molar-refractivity contribution in [2.75, 3.05) is 26.7 Å². The number of H-pyrrole nitrogens is 1. The van der Waals surface area contributed by atoms with Gasteiger partial charge in [0.15, 0.2) is 0 Å². The molecule has 186 valence electrons. The van der Waals surface area contributed by atoms with E-state index < -0.39 is 18.3 Å². The molecule has 0 amide bonds. The van der Waals surface area contributed by atoms with Gasteiger partial charge in [0.25, 0.3) is 0 Å². The van der Waals surface area contributed by atoms with E-state index in [4.69, 9.17) is 4.74 Å². The first-order chi connectivity index (χ1) is 16.9. The standard InChI is InChI=1S/C27H31F2N3O3/c1-16-11-24(35-2)22(21-7-9-30-25(16)21)15-31-10-8-20(32-13-19(14-32)26(28)29)12-23(31)17-3-5-18(6-4-17)27(33)34/h3-7,9,11,19-20,23,26,30H,8,10,12-15H2,1-2H3,(H,33,34). The normalized spacial score (nSPS) is 22.0. The summed E-state index contributed by atoms with van der Waals surface area (Å²) in [5.41, 5.74) is 4.63. The average molecular weight is 484 g/mol. The molecule has 0 aliphatic carbocycles. The number of ether oxygens (including phenoxy) is 1. The van der Waals surface area contributed by atoms with Crippen molar-refractivity contribution in [1.29, 1.82) is 0 Å². The maximum atomic E-state index is 13.1. The number of rotatable bonds is 7. The lowest BCUT2D eigenvalue weighted by molar-refractivity contribution is -0.0629. The fourth-order valence-corrected chi connectivity index (χ4v) is 5.70. The number of aromatic carboxylic acids is 1. The van der Waals surface area contributed by atoms with Gasteiger partial charge in [0.2, 0.25) is 6.43 Å². The minimum Gasteiger partial charge on any atom is -0.496 e. The molecule has 2 saturated heterocycles. The number of carbonyl (C=O) groups is 1. The van der Waals surface area contributed by atoms with Gasteiger partial charge in [0.05, 0.1) is 12.7 Å². The van der Waals surface area contributed by atoms with Gasteiger partial charge in [-0.2, -0.15) is 0 Å². The molecule has 0 saturated carbocycles. The van der Waals surface area contributed by atoms with Crippen LogP contribution in [0.3, 0.4) is 0 Å². The van der Waals surface area contributed by atoms with Gasteiger partial charge in [-0.15, -0.1) is 0 Å². The van der Waals surface area contributed by atoms with Gasteiger partial charge < -0.3 is 14.8 Å². The number of aromatic nitrogens is 1. The highest BCUT2D eigenvalue weighted by molar-refractivity contribution is 5.88. The monoisotopic (exact) mass is 483 g/mol. The predicted octanol–water partition coefficient (Wildman–Crippen LogP) is 5.09. The van der Waals surface area contributed by atoms with Crippen molar-refractivity contribution in [3.63, 3.8) is 0 Å². The summed E-state index contributed by atoms with van der Waals surface area (Å²) >= 11 is 0. The van der Waals surface area contributed by atoms with Crippen LogP contribution in [0.1, 0.15) is 45.9 Å². The molecule has 0 bridgehead atoms. The van der Waals surface area contributed by atoms with E-state index in [-0.39, 0.29) is 17.6 Å². The Kier molecular flexibility index (Phi) is 6.51. The number of aryl methyl sites for hydroxylation is 1. The Morgan fingerprint density at radius 2 is 1.97 bits per heavy atom. The maximum Gasteiger partial charge on any atom is 0.335 e. The molecule has 0 spiro atoms. The summed E-state index contributed by atoms with van der Waals surface area (Å²) in [6.45, 7) is 4.44. The second-order valence-electron chi connectivity index (χ2n) is 9.78. The van der Waals surface area contributed by atoms with Crippen LogP contribution in [0.2, 0.25) is 0 Å². The highest BCUT2D eigenvalue weighted by Gasteiger charge is 2.41. The number of nitrogens with one attached hydrogen (secondary N) is 1. The van der Waals surface area contributed by atoms with Crippen LogP contribution in [-0.2, 0) is 6.54 Å². The van der Waals surface area contributed by atoms with E-state index in [1.807, 2.05) is 18.3 Å². The molecule has 3 heterocycles. The minimum atomic E-state index is -2.26. The number of fused-ring (bicyclic) bond motifs is 1. The van der Waals surface area contributed by atoms with Crippen LogP contribution >= 0.6 is 0 Å². The molecule has 6 nitrogen and oxygen atoms in total. The van der Waals surface area contributed by atoms with E-state index in [2.05, 4.69) is 33.8 Å². The Balaban J connectivity index is 1.44. The molecule has 2 aromatic carbocycles. The second-order valence-corrected chi connectivity index (χ2v) is 9.78. The number of likely N-dealkylation sites (tertiary alicyclic amines) is 2. The Morgan fingerprint density at radius 1 is 1.23 bits per heavy atom. The van der Waals surface area contributed by atoms with Crippen LogP contribution in [0.25, 0.3) is 10.9 Å². The zero-order valence-corrected chi connectivity index (χ0v) is 20.0. The summed E-state index contributed by atoms with van der Waals surface area (Å²) in [4.78, 5) is 19.3. The molecule has 35 heavy (non-hydrogen) atoms. The number of carboxylic acid groups (broad SMARTS) is 1. The molecule has 8 heteroatoms. The number of benzene rings is 2. The number of halogens is 2. The molecule has 2 atom stereocenters. The van der Waals surface area contributed by atoms with E-state index in [1.54, 1.807) is 19.2 Å². The topological polar surface area (TPSA) is 68.8 Å². The highest BCUT2D eigenvalue weighted by atomic mass is 19.3. The molecule has 0 radical (unpaired) electrons. The summed E-state index contributed by atoms with van der Waals surface area (Å²) in [7, 11) is 1.69. The number of hydrogen-bond donors (Lipinski definition) is 2. The molecular weight excluding hydrogens is 452 g/mol. The zero-order valence-electron chi connectivity index (χ0n) is 20.0. The smallest absolute Gasteiger partial charge is 0.335 e. The van der Waals surface area contributed by atoms with Gasteiger partial charge in [-0.1, -0.05) is 12.1 Å². The van der Waals surface area contributed by atoms with E-state index in [1.165, 1.54) is 0 Å². The zero-order chi connectivity index (χ0) is 24.7. The van der Waals surface area contributed by atoms with Crippen LogP contribution in [0.15, 0.2) is 42.6 Å². The van der Waals surface area contributed by atoms with Gasteiger partial charge in [0, 0.05) is 66.8 Å². The van der Waals surface area contributed by atoms with Crippen molar-refractivity contribution >= 4 is 16.9 Å². The van der Waals surface area contributed by atoms with Crippen LogP contribution < -0.4 is 4.74 Å². The number of methoxy groups -OCH3 is 1. The van der Waals surface area contributed by atoms with Crippen LogP contribution in [0.4, 0.5) is 8.78 Å². The Morgan fingerprint density at radius 3 is 2.63 bits per heavy atom. The maximum absolute atomic E-state index is 13.1. The SMILES string of the molecule is COc1cc(C)c2[nH]ccc2c1CN1CCC(N2CC(C(F)F)C2)CC1c1ccc(C(=O)O)cc1. The number of aromatic amines is 1. The predicted molar refractivity (Wildman–Crippen MR) is 130 cm³/mol. The third kappa shape index (κ3) is 4.52. The van der Waals surface area contributed by atoms with Crippen LogP contribution in [0, 0.1) is 12.8 Å². The van der Waals surface area contributed by atoms with Crippen molar-refractivity contribution in [2.24, 2.45) is 5.92 Å². The van der Waals surface area contributed by atoms with E-state index in [0.717, 1.165) is 52.7 Å². The van der Waals surface area contributed by atoms with E-state index in [0.29, 0.717) is 19.6 Å². The summed E-state index contributed by atoms with van der Waals surface area (Å²) in [5.74, 6) is -0.632. The van der Waals surface area contributed by atoms with Crippen molar-refractivity contribution in [1.82, 2.24) is 14.8 Å². The Labute approximate surface area is 203 Å². The number of carboxylic acids is 1. The molecular formula is C27H31F2N3O3. The first kappa shape index (κ1) is 23.8. The molecule has 2 aliphatic heterocycles. The third-order valence-electron chi connectivity index (χ3n) is 7.73. The molecule has 1 aromatic heterocycles. The fourth-order valence-electron chi connectivity index (χ4n) is 5.70. The summed E-state index contributed by atoms with van der Waals surface area (Å²) < 4.78 is 31.9. The van der Waals surface area contributed by atoms with Crippen LogP contribution in [0.5, 0.6) is 5.75 Å². The molecule has 5 rings (SSSR count). The Hall–Kier alpha value is -2.97. The van der Waals surface area contributed by atoms with Crippen molar-refractivity contribution in [3.8, 4) is 5.75 Å². The molecule has 2 unspecified atom stereocenters. The number of hydrogen-bond acceptors (Lipinski definition) is 4. The molecule has 2 fully saturated rings. The van der Waals surface area contributed by atoms with Crippen LogP contribution in [-0.4, -0.2) is 65.1 Å². The number of alkyl halides is 2. The number of piperidine rings is 1. The molecule has 2 aliphatic rings. The van der Waals surface area contributed by atoms with Crippen molar-refractivity contribution in [2.45, 2.75) is 44.8 Å². The summed E-state index contributed by atoms with van der Waals surface area (Å²) in [6, 6.07) is 11.5. The van der Waals surface area contributed by atoms with E-state index in [9.17, 15) is 18.7 Å². The van der Waals surface area contributed by atoms with Crippen molar-refractivity contribution < 1.29 is 23.4 Å². The second kappa shape index (κ2) is 9.59. The highest BCUT2D eigenvalue weighted by Crippen LogP contribution is 2.40. The van der Waals surface area contributed by atoms with Crippen molar-refractivity contribution in [3.05, 3.63) is 64.8 Å². The summed E-state index contributed by atoms with van der Waals surface area (Å²) in [5, 5.41) is 10.5. The summed E-state index contributed by atoms with van der Waals surface area (Å²) in [6.07, 6.45) is 1.40. The average Bonchev–Trinajstić information content (AvgIpc) is 3.31. The lowest BCUT2D eigenvalue weighted by Crippen LogP contribution is -2.57. The minimum absolute atomic E-state index is 0.0437. The lowest BCUT2D eigenvalue weighted by Gasteiger charge is -2.49. The Bertz CT molecular complexity index is 1200.